The van der Waals surface area contributed by atoms with E-state index in [1.54, 1.807) is 0 Å². The molecule has 2 rings (SSSR count). The van der Waals surface area contributed by atoms with Crippen LogP contribution in [-0.4, -0.2) is 21.0 Å². The Hall–Kier alpha value is -2.04. The average molecular weight is 191 g/mol. The lowest BCUT2D eigenvalue weighted by molar-refractivity contribution is 0.103. The maximum absolute atomic E-state index is 12.7. The zero-order valence-corrected chi connectivity index (χ0v) is 7.07. The van der Waals surface area contributed by atoms with Crippen molar-refractivity contribution >= 4 is 5.78 Å². The minimum Gasteiger partial charge on any atom is -0.288 e. The number of hydrogen-bond donors (Lipinski definition) is 1. The van der Waals surface area contributed by atoms with E-state index in [9.17, 15) is 9.18 Å². The molecule has 0 radical (unpaired) electrons. The topological polar surface area (TPSA) is 58.6 Å². The van der Waals surface area contributed by atoms with Crippen LogP contribution in [0.25, 0.3) is 0 Å². The van der Waals surface area contributed by atoms with E-state index in [1.807, 2.05) is 0 Å². The number of halogens is 1. The standard InChI is InChI=1S/C9H6FN3O/c10-8-1-6(2-11-5-8)9(14)7-3-12-13-4-7/h1-5H,(H,12,13). The Morgan fingerprint density at radius 1 is 1.29 bits per heavy atom. The summed E-state index contributed by atoms with van der Waals surface area (Å²) in [7, 11) is 0. The van der Waals surface area contributed by atoms with Gasteiger partial charge in [-0.05, 0) is 6.07 Å². The third-order valence-electron chi connectivity index (χ3n) is 1.73. The second-order valence-electron chi connectivity index (χ2n) is 2.71. The number of pyridine rings is 1. The van der Waals surface area contributed by atoms with Gasteiger partial charge >= 0.3 is 0 Å². The number of ketones is 1. The molecular weight excluding hydrogens is 185 g/mol. The number of H-pyrrole nitrogens is 1. The molecule has 0 aromatic carbocycles. The van der Waals surface area contributed by atoms with Crippen molar-refractivity contribution in [2.24, 2.45) is 0 Å². The van der Waals surface area contributed by atoms with Gasteiger partial charge in [-0.2, -0.15) is 5.10 Å². The SMILES string of the molecule is O=C(c1cn[nH]c1)c1cncc(F)c1. The van der Waals surface area contributed by atoms with Crippen LogP contribution in [0.15, 0.2) is 30.9 Å². The van der Waals surface area contributed by atoms with Crippen LogP contribution < -0.4 is 0 Å². The van der Waals surface area contributed by atoms with Crippen molar-refractivity contribution in [2.75, 3.05) is 0 Å². The summed E-state index contributed by atoms with van der Waals surface area (Å²) in [6, 6.07) is 1.14. The minimum absolute atomic E-state index is 0.214. The Kier molecular flexibility index (Phi) is 2.06. The Morgan fingerprint density at radius 3 is 2.79 bits per heavy atom. The molecule has 2 heterocycles. The molecule has 0 fully saturated rings. The van der Waals surface area contributed by atoms with E-state index in [0.717, 1.165) is 12.3 Å². The molecule has 14 heavy (non-hydrogen) atoms. The molecule has 70 valence electrons. The van der Waals surface area contributed by atoms with Crippen molar-refractivity contribution in [3.8, 4) is 0 Å². The van der Waals surface area contributed by atoms with Gasteiger partial charge in [0.05, 0.1) is 18.0 Å². The van der Waals surface area contributed by atoms with Gasteiger partial charge in [-0.15, -0.1) is 0 Å². The molecule has 0 aliphatic rings. The van der Waals surface area contributed by atoms with E-state index in [1.165, 1.54) is 18.6 Å². The Labute approximate surface area is 78.8 Å². The molecule has 2 aromatic rings. The summed E-state index contributed by atoms with van der Waals surface area (Å²) in [4.78, 5) is 15.2. The van der Waals surface area contributed by atoms with Gasteiger partial charge in [0.2, 0.25) is 0 Å². The Morgan fingerprint density at radius 2 is 2.14 bits per heavy atom. The zero-order chi connectivity index (χ0) is 9.97. The smallest absolute Gasteiger partial charge is 0.197 e. The van der Waals surface area contributed by atoms with Crippen molar-refractivity contribution in [3.63, 3.8) is 0 Å². The highest BCUT2D eigenvalue weighted by Crippen LogP contribution is 2.07. The van der Waals surface area contributed by atoms with Crippen molar-refractivity contribution < 1.29 is 9.18 Å². The van der Waals surface area contributed by atoms with Crippen LogP contribution >= 0.6 is 0 Å². The lowest BCUT2D eigenvalue weighted by atomic mass is 10.1. The number of nitrogens with one attached hydrogen (secondary N) is 1. The zero-order valence-electron chi connectivity index (χ0n) is 7.07. The fraction of sp³-hybridized carbons (Fsp3) is 0. The van der Waals surface area contributed by atoms with Crippen molar-refractivity contribution in [1.29, 1.82) is 0 Å². The summed E-state index contributed by atoms with van der Waals surface area (Å²) in [5, 5.41) is 6.14. The second kappa shape index (κ2) is 3.37. The van der Waals surface area contributed by atoms with Crippen molar-refractivity contribution in [3.05, 3.63) is 47.8 Å². The number of rotatable bonds is 2. The first-order valence-electron chi connectivity index (χ1n) is 3.91. The van der Waals surface area contributed by atoms with E-state index >= 15 is 0 Å². The summed E-state index contributed by atoms with van der Waals surface area (Å²) in [5.41, 5.74) is 0.601. The third kappa shape index (κ3) is 1.52. The molecule has 0 aliphatic heterocycles. The lowest BCUT2D eigenvalue weighted by Gasteiger charge is -1.96. The second-order valence-corrected chi connectivity index (χ2v) is 2.71. The molecule has 0 saturated carbocycles. The fourth-order valence-corrected chi connectivity index (χ4v) is 1.08. The molecule has 0 bridgehead atoms. The number of nitrogens with zero attached hydrogens (tertiary/aromatic N) is 2. The third-order valence-corrected chi connectivity index (χ3v) is 1.73. The Balaban J connectivity index is 2.37. The molecule has 0 amide bonds. The largest absolute Gasteiger partial charge is 0.288 e. The molecule has 1 N–H and O–H groups in total. The van der Waals surface area contributed by atoms with Gasteiger partial charge in [-0.3, -0.25) is 14.9 Å². The number of aromatic amines is 1. The van der Waals surface area contributed by atoms with Crippen molar-refractivity contribution in [1.82, 2.24) is 15.2 Å². The molecule has 0 atom stereocenters. The summed E-state index contributed by atoms with van der Waals surface area (Å²) in [5.74, 6) is -0.829. The van der Waals surface area contributed by atoms with Gasteiger partial charge in [-0.25, -0.2) is 4.39 Å². The maximum atomic E-state index is 12.7. The first-order chi connectivity index (χ1) is 6.77. The average Bonchev–Trinajstić information content (AvgIpc) is 2.69. The van der Waals surface area contributed by atoms with Gasteiger partial charge in [0.25, 0.3) is 0 Å². The first kappa shape index (κ1) is 8.55. The van der Waals surface area contributed by atoms with Gasteiger partial charge in [0.1, 0.15) is 5.82 Å². The molecule has 0 unspecified atom stereocenters. The van der Waals surface area contributed by atoms with E-state index < -0.39 is 5.82 Å². The van der Waals surface area contributed by atoms with Gasteiger partial charge < -0.3 is 0 Å². The number of aromatic nitrogens is 3. The van der Waals surface area contributed by atoms with E-state index in [-0.39, 0.29) is 11.3 Å². The predicted octanol–water partition coefficient (Wildman–Crippen LogP) is 1.17. The van der Waals surface area contributed by atoms with Crippen LogP contribution in [0.2, 0.25) is 0 Å². The Bertz CT molecular complexity index is 453. The van der Waals surface area contributed by atoms with Gasteiger partial charge in [0, 0.05) is 18.0 Å². The van der Waals surface area contributed by atoms with Crippen LogP contribution in [-0.2, 0) is 0 Å². The summed E-state index contributed by atoms with van der Waals surface area (Å²) >= 11 is 0. The molecule has 4 nitrogen and oxygen atoms in total. The summed E-state index contributed by atoms with van der Waals surface area (Å²) in [6.45, 7) is 0. The normalized spacial score (nSPS) is 10.1. The molecule has 0 spiro atoms. The quantitative estimate of drug-likeness (QED) is 0.725. The highest BCUT2D eigenvalue weighted by atomic mass is 19.1. The summed E-state index contributed by atoms with van der Waals surface area (Å²) in [6.07, 6.45) is 5.20. The van der Waals surface area contributed by atoms with Crippen molar-refractivity contribution in [2.45, 2.75) is 0 Å². The fourth-order valence-electron chi connectivity index (χ4n) is 1.08. The summed E-state index contributed by atoms with van der Waals surface area (Å²) < 4.78 is 12.7. The molecule has 0 saturated heterocycles. The van der Waals surface area contributed by atoms with Gasteiger partial charge in [0.15, 0.2) is 5.78 Å². The highest BCUT2D eigenvalue weighted by Gasteiger charge is 2.10. The minimum atomic E-state index is -0.528. The molecular formula is C9H6FN3O. The maximum Gasteiger partial charge on any atom is 0.197 e. The van der Waals surface area contributed by atoms with E-state index in [2.05, 4.69) is 15.2 Å². The molecule has 0 aliphatic carbocycles. The predicted molar refractivity (Wildman–Crippen MR) is 46.2 cm³/mol. The van der Waals surface area contributed by atoms with Crippen LogP contribution in [0.5, 0.6) is 0 Å². The first-order valence-corrected chi connectivity index (χ1v) is 3.91. The molecule has 5 heteroatoms. The van der Waals surface area contributed by atoms with Crippen LogP contribution in [0.3, 0.4) is 0 Å². The number of carbonyl (C=O) groups is 1. The van der Waals surface area contributed by atoms with E-state index in [4.69, 9.17) is 0 Å². The highest BCUT2D eigenvalue weighted by molar-refractivity contribution is 6.08. The monoisotopic (exact) mass is 191 g/mol. The van der Waals surface area contributed by atoms with Gasteiger partial charge in [-0.1, -0.05) is 0 Å². The number of carbonyl (C=O) groups excluding carboxylic acids is 1. The van der Waals surface area contributed by atoms with Crippen LogP contribution in [0, 0.1) is 5.82 Å². The lowest BCUT2D eigenvalue weighted by Crippen LogP contribution is -2.00. The van der Waals surface area contributed by atoms with Crippen LogP contribution in [0.4, 0.5) is 4.39 Å². The molecule has 2 aromatic heterocycles. The van der Waals surface area contributed by atoms with Crippen LogP contribution in [0.1, 0.15) is 15.9 Å². The van der Waals surface area contributed by atoms with E-state index in [0.29, 0.717) is 5.56 Å². The number of hydrogen-bond acceptors (Lipinski definition) is 3.